The van der Waals surface area contributed by atoms with Crippen LogP contribution in [0.1, 0.15) is 23.6 Å². The number of hydrogen-bond donors (Lipinski definition) is 1. The van der Waals surface area contributed by atoms with Gasteiger partial charge in [0.25, 0.3) is 0 Å². The van der Waals surface area contributed by atoms with Crippen molar-refractivity contribution in [1.29, 1.82) is 0 Å². The van der Waals surface area contributed by atoms with Crippen molar-refractivity contribution in [2.24, 2.45) is 0 Å². The molecule has 88 valence electrons. The van der Waals surface area contributed by atoms with Crippen LogP contribution in [0.2, 0.25) is 0 Å². The zero-order chi connectivity index (χ0) is 11.5. The van der Waals surface area contributed by atoms with E-state index >= 15 is 0 Å². The van der Waals surface area contributed by atoms with Gasteiger partial charge in [0.15, 0.2) is 0 Å². The molecule has 0 saturated carbocycles. The molecular weight excluding hydrogens is 196 g/mol. The van der Waals surface area contributed by atoms with E-state index in [9.17, 15) is 0 Å². The van der Waals surface area contributed by atoms with E-state index in [0.29, 0.717) is 6.04 Å². The molecule has 0 aromatic heterocycles. The van der Waals surface area contributed by atoms with Gasteiger partial charge in [-0.05, 0) is 26.3 Å². The van der Waals surface area contributed by atoms with E-state index in [1.165, 1.54) is 16.7 Å². The molecule has 0 spiro atoms. The molecule has 1 heterocycles. The molecule has 2 rings (SSSR count). The normalized spacial score (nSPS) is 22.3. The summed E-state index contributed by atoms with van der Waals surface area (Å²) in [4.78, 5) is 2.54. The van der Waals surface area contributed by atoms with E-state index in [4.69, 9.17) is 0 Å². The van der Waals surface area contributed by atoms with Crippen LogP contribution in [0.3, 0.4) is 0 Å². The zero-order valence-corrected chi connectivity index (χ0v) is 10.6. The lowest BCUT2D eigenvalue weighted by atomic mass is 10.1. The predicted molar refractivity (Wildman–Crippen MR) is 68.7 cm³/mol. The number of hydrogen-bond acceptors (Lipinski definition) is 2. The fourth-order valence-electron chi connectivity index (χ4n) is 2.57. The molecule has 1 saturated heterocycles. The van der Waals surface area contributed by atoms with Gasteiger partial charge in [0.05, 0.1) is 0 Å². The summed E-state index contributed by atoms with van der Waals surface area (Å²) in [5.74, 6) is 0. The maximum absolute atomic E-state index is 3.48. The highest BCUT2D eigenvalue weighted by Gasteiger charge is 2.15. The first-order chi connectivity index (χ1) is 7.63. The van der Waals surface area contributed by atoms with Crippen LogP contribution < -0.4 is 5.32 Å². The Bertz CT molecular complexity index is 340. The lowest BCUT2D eigenvalue weighted by Gasteiger charge is -2.31. The highest BCUT2D eigenvalue weighted by Crippen LogP contribution is 2.12. The Morgan fingerprint density at radius 1 is 1.25 bits per heavy atom. The van der Waals surface area contributed by atoms with Crippen molar-refractivity contribution in [1.82, 2.24) is 10.2 Å². The SMILES string of the molecule is Cc1cc(C)cc(CN2CCN[C@@H](C)C2)c1. The van der Waals surface area contributed by atoms with Gasteiger partial charge in [-0.3, -0.25) is 4.90 Å². The van der Waals surface area contributed by atoms with Gasteiger partial charge in [0.2, 0.25) is 0 Å². The second-order valence-electron chi connectivity index (χ2n) is 5.09. The molecule has 1 atom stereocenters. The number of aryl methyl sites for hydroxylation is 2. The number of benzene rings is 1. The molecule has 1 fully saturated rings. The molecule has 16 heavy (non-hydrogen) atoms. The van der Waals surface area contributed by atoms with Crippen LogP contribution >= 0.6 is 0 Å². The molecule has 0 bridgehead atoms. The average molecular weight is 218 g/mol. The van der Waals surface area contributed by atoms with E-state index in [-0.39, 0.29) is 0 Å². The summed E-state index contributed by atoms with van der Waals surface area (Å²) in [6.45, 7) is 11.1. The van der Waals surface area contributed by atoms with E-state index in [2.05, 4.69) is 49.2 Å². The van der Waals surface area contributed by atoms with Crippen LogP contribution in [-0.2, 0) is 6.54 Å². The van der Waals surface area contributed by atoms with E-state index in [0.717, 1.165) is 26.2 Å². The topological polar surface area (TPSA) is 15.3 Å². The van der Waals surface area contributed by atoms with Crippen LogP contribution in [0.15, 0.2) is 18.2 Å². The van der Waals surface area contributed by atoms with Crippen molar-refractivity contribution in [3.8, 4) is 0 Å². The highest BCUT2D eigenvalue weighted by atomic mass is 15.2. The Morgan fingerprint density at radius 3 is 2.56 bits per heavy atom. The lowest BCUT2D eigenvalue weighted by Crippen LogP contribution is -2.48. The van der Waals surface area contributed by atoms with Crippen LogP contribution in [-0.4, -0.2) is 30.6 Å². The standard InChI is InChI=1S/C14H22N2/c1-11-6-12(2)8-14(7-11)10-16-5-4-15-13(3)9-16/h6-8,13,15H,4-5,9-10H2,1-3H3/t13-/m0/s1. The second-order valence-corrected chi connectivity index (χ2v) is 5.09. The molecule has 1 aromatic carbocycles. The van der Waals surface area contributed by atoms with Gasteiger partial charge >= 0.3 is 0 Å². The van der Waals surface area contributed by atoms with E-state index in [1.54, 1.807) is 0 Å². The van der Waals surface area contributed by atoms with Crippen molar-refractivity contribution in [3.63, 3.8) is 0 Å². The minimum absolute atomic E-state index is 0.625. The van der Waals surface area contributed by atoms with Crippen molar-refractivity contribution >= 4 is 0 Å². The summed E-state index contributed by atoms with van der Waals surface area (Å²) in [5.41, 5.74) is 4.20. The number of piperazine rings is 1. The third kappa shape index (κ3) is 3.06. The number of rotatable bonds is 2. The van der Waals surface area contributed by atoms with Crippen molar-refractivity contribution in [3.05, 3.63) is 34.9 Å². The van der Waals surface area contributed by atoms with E-state index < -0.39 is 0 Å². The smallest absolute Gasteiger partial charge is 0.0235 e. The Labute approximate surface area is 98.7 Å². The van der Waals surface area contributed by atoms with Gasteiger partial charge in [-0.2, -0.15) is 0 Å². The quantitative estimate of drug-likeness (QED) is 0.818. The first-order valence-electron chi connectivity index (χ1n) is 6.16. The van der Waals surface area contributed by atoms with Crippen LogP contribution in [0.4, 0.5) is 0 Å². The maximum Gasteiger partial charge on any atom is 0.0235 e. The largest absolute Gasteiger partial charge is 0.312 e. The van der Waals surface area contributed by atoms with Crippen molar-refractivity contribution < 1.29 is 0 Å². The van der Waals surface area contributed by atoms with Gasteiger partial charge in [-0.25, -0.2) is 0 Å². The summed E-state index contributed by atoms with van der Waals surface area (Å²) >= 11 is 0. The lowest BCUT2D eigenvalue weighted by molar-refractivity contribution is 0.199. The summed E-state index contributed by atoms with van der Waals surface area (Å²) in [7, 11) is 0. The third-order valence-corrected chi connectivity index (χ3v) is 3.14. The molecule has 0 unspecified atom stereocenters. The Morgan fingerprint density at radius 2 is 1.94 bits per heavy atom. The van der Waals surface area contributed by atoms with E-state index in [1.807, 2.05) is 0 Å². The zero-order valence-electron chi connectivity index (χ0n) is 10.6. The van der Waals surface area contributed by atoms with Crippen LogP contribution in [0, 0.1) is 13.8 Å². The van der Waals surface area contributed by atoms with Gasteiger partial charge in [-0.1, -0.05) is 29.3 Å². The molecule has 1 aromatic rings. The first-order valence-corrected chi connectivity index (χ1v) is 6.16. The van der Waals surface area contributed by atoms with Crippen LogP contribution in [0.5, 0.6) is 0 Å². The molecule has 0 amide bonds. The van der Waals surface area contributed by atoms with Gasteiger partial charge < -0.3 is 5.32 Å². The molecule has 1 aliphatic heterocycles. The minimum atomic E-state index is 0.625. The van der Waals surface area contributed by atoms with Gasteiger partial charge in [-0.15, -0.1) is 0 Å². The van der Waals surface area contributed by atoms with Crippen LogP contribution in [0.25, 0.3) is 0 Å². The van der Waals surface area contributed by atoms with Crippen molar-refractivity contribution in [2.45, 2.75) is 33.4 Å². The molecular formula is C14H22N2. The van der Waals surface area contributed by atoms with Gasteiger partial charge in [0, 0.05) is 32.2 Å². The minimum Gasteiger partial charge on any atom is -0.312 e. The Hall–Kier alpha value is -0.860. The number of nitrogens with zero attached hydrogens (tertiary/aromatic N) is 1. The molecule has 1 aliphatic rings. The average Bonchev–Trinajstić information content (AvgIpc) is 2.15. The molecule has 1 N–H and O–H groups in total. The summed E-state index contributed by atoms with van der Waals surface area (Å²) in [6.07, 6.45) is 0. The fraction of sp³-hybridized carbons (Fsp3) is 0.571. The predicted octanol–water partition coefficient (Wildman–Crippen LogP) is 2.10. The Kier molecular flexibility index (Phi) is 3.62. The van der Waals surface area contributed by atoms with Crippen molar-refractivity contribution in [2.75, 3.05) is 19.6 Å². The summed E-state index contributed by atoms with van der Waals surface area (Å²) < 4.78 is 0. The monoisotopic (exact) mass is 218 g/mol. The molecule has 0 aliphatic carbocycles. The third-order valence-electron chi connectivity index (χ3n) is 3.14. The highest BCUT2D eigenvalue weighted by molar-refractivity contribution is 5.28. The van der Waals surface area contributed by atoms with Gasteiger partial charge in [0.1, 0.15) is 0 Å². The summed E-state index contributed by atoms with van der Waals surface area (Å²) in [6, 6.07) is 7.48. The molecule has 2 heteroatoms. The second kappa shape index (κ2) is 4.98. The maximum atomic E-state index is 3.48. The number of nitrogens with one attached hydrogen (secondary N) is 1. The molecule has 0 radical (unpaired) electrons. The first kappa shape index (κ1) is 11.6. The fourth-order valence-corrected chi connectivity index (χ4v) is 2.57. The Balaban J connectivity index is 2.02. The molecule has 2 nitrogen and oxygen atoms in total. The summed E-state index contributed by atoms with van der Waals surface area (Å²) in [5, 5.41) is 3.48.